The van der Waals surface area contributed by atoms with Crippen LogP contribution in [0.2, 0.25) is 0 Å². The molecule has 4 heteroatoms. The van der Waals surface area contributed by atoms with E-state index in [9.17, 15) is 0 Å². The highest BCUT2D eigenvalue weighted by molar-refractivity contribution is 4.92. The van der Waals surface area contributed by atoms with E-state index >= 15 is 0 Å². The van der Waals surface area contributed by atoms with E-state index in [2.05, 4.69) is 24.2 Å². The molecule has 0 fully saturated rings. The summed E-state index contributed by atoms with van der Waals surface area (Å²) in [7, 11) is 0. The molecule has 0 saturated carbocycles. The minimum atomic E-state index is 0.288. The van der Waals surface area contributed by atoms with Crippen LogP contribution in [0.1, 0.15) is 46.2 Å². The maximum absolute atomic E-state index is 5.49. The van der Waals surface area contributed by atoms with Crippen LogP contribution in [-0.2, 0) is 17.7 Å². The maximum atomic E-state index is 5.49. The highest BCUT2D eigenvalue weighted by atomic mass is 16.5. The van der Waals surface area contributed by atoms with Gasteiger partial charge in [-0.2, -0.15) is 0 Å². The average molecular weight is 239 g/mol. The molecule has 1 aromatic rings. The van der Waals surface area contributed by atoms with Crippen LogP contribution in [0.25, 0.3) is 0 Å². The van der Waals surface area contributed by atoms with E-state index in [4.69, 9.17) is 4.74 Å². The molecule has 0 amide bonds. The number of nitrogens with zero attached hydrogens (tertiary/aromatic N) is 3. The second kappa shape index (κ2) is 7.43. The zero-order chi connectivity index (χ0) is 12.7. The fourth-order valence-electron chi connectivity index (χ4n) is 1.62. The van der Waals surface area contributed by atoms with Crippen molar-refractivity contribution in [2.24, 2.45) is 5.92 Å². The Bertz CT molecular complexity index is 279. The third-order valence-electron chi connectivity index (χ3n) is 2.56. The predicted molar refractivity (Wildman–Crippen MR) is 68.9 cm³/mol. The van der Waals surface area contributed by atoms with Crippen LogP contribution in [0, 0.1) is 5.92 Å². The molecule has 0 aliphatic heterocycles. The van der Waals surface area contributed by atoms with Gasteiger partial charge in [0.25, 0.3) is 0 Å². The summed E-state index contributed by atoms with van der Waals surface area (Å²) in [4.78, 5) is 0. The first-order chi connectivity index (χ1) is 8.08. The topological polar surface area (TPSA) is 39.9 Å². The van der Waals surface area contributed by atoms with Gasteiger partial charge in [-0.25, -0.2) is 0 Å². The van der Waals surface area contributed by atoms with E-state index in [1.807, 2.05) is 24.7 Å². The third-order valence-corrected chi connectivity index (χ3v) is 2.56. The van der Waals surface area contributed by atoms with Gasteiger partial charge in [0.05, 0.1) is 18.4 Å². The molecular formula is C13H25N3O. The molecule has 0 bridgehead atoms. The highest BCUT2D eigenvalue weighted by Crippen LogP contribution is 2.05. The number of aryl methyl sites for hydroxylation is 1. The van der Waals surface area contributed by atoms with Crippen LogP contribution in [0.5, 0.6) is 0 Å². The number of ether oxygens (including phenoxy) is 1. The molecule has 0 aliphatic carbocycles. The van der Waals surface area contributed by atoms with Gasteiger partial charge in [-0.05, 0) is 32.6 Å². The van der Waals surface area contributed by atoms with Crippen molar-refractivity contribution in [3.63, 3.8) is 0 Å². The molecule has 0 saturated heterocycles. The molecule has 0 N–H and O–H groups in total. The van der Waals surface area contributed by atoms with Gasteiger partial charge in [-0.15, -0.1) is 5.10 Å². The van der Waals surface area contributed by atoms with Crippen molar-refractivity contribution in [3.8, 4) is 0 Å². The van der Waals surface area contributed by atoms with Crippen molar-refractivity contribution >= 4 is 0 Å². The largest absolute Gasteiger partial charge is 0.378 e. The molecular weight excluding hydrogens is 214 g/mol. The Morgan fingerprint density at radius 1 is 1.29 bits per heavy atom. The van der Waals surface area contributed by atoms with Crippen molar-refractivity contribution in [2.75, 3.05) is 6.61 Å². The molecule has 1 aromatic heterocycles. The summed E-state index contributed by atoms with van der Waals surface area (Å²) < 4.78 is 7.43. The van der Waals surface area contributed by atoms with Crippen molar-refractivity contribution < 1.29 is 4.74 Å². The summed E-state index contributed by atoms with van der Waals surface area (Å²) in [6.07, 6.45) is 5.58. The summed E-state index contributed by atoms with van der Waals surface area (Å²) in [6.45, 7) is 10.3. The van der Waals surface area contributed by atoms with E-state index in [0.717, 1.165) is 31.2 Å². The molecule has 98 valence electrons. The van der Waals surface area contributed by atoms with Crippen molar-refractivity contribution in [2.45, 2.75) is 59.6 Å². The second-order valence-corrected chi connectivity index (χ2v) is 5.18. The lowest BCUT2D eigenvalue weighted by Crippen LogP contribution is -2.06. The molecule has 0 unspecified atom stereocenters. The quantitative estimate of drug-likeness (QED) is 0.700. The van der Waals surface area contributed by atoms with Crippen molar-refractivity contribution in [1.29, 1.82) is 0 Å². The fourth-order valence-corrected chi connectivity index (χ4v) is 1.62. The van der Waals surface area contributed by atoms with Crippen LogP contribution in [0.3, 0.4) is 0 Å². The molecule has 0 radical (unpaired) electrons. The number of aromatic nitrogens is 3. The van der Waals surface area contributed by atoms with E-state index in [1.54, 1.807) is 0 Å². The van der Waals surface area contributed by atoms with E-state index in [-0.39, 0.29) is 6.10 Å². The molecule has 4 nitrogen and oxygen atoms in total. The van der Waals surface area contributed by atoms with Gasteiger partial charge >= 0.3 is 0 Å². The highest BCUT2D eigenvalue weighted by Gasteiger charge is 2.02. The summed E-state index contributed by atoms with van der Waals surface area (Å²) in [5.41, 5.74) is 1.02. The van der Waals surface area contributed by atoms with E-state index in [1.165, 1.54) is 12.8 Å². The van der Waals surface area contributed by atoms with Crippen LogP contribution in [-0.4, -0.2) is 27.7 Å². The summed E-state index contributed by atoms with van der Waals surface area (Å²) in [5.74, 6) is 0.762. The summed E-state index contributed by atoms with van der Waals surface area (Å²) in [6, 6.07) is 0. The molecule has 0 atom stereocenters. The van der Waals surface area contributed by atoms with Crippen LogP contribution >= 0.6 is 0 Å². The van der Waals surface area contributed by atoms with Gasteiger partial charge in [0, 0.05) is 19.2 Å². The first-order valence-electron chi connectivity index (χ1n) is 6.58. The Labute approximate surface area is 104 Å². The predicted octanol–water partition coefficient (Wildman–Crippen LogP) is 2.68. The zero-order valence-electron chi connectivity index (χ0n) is 11.5. The Hall–Kier alpha value is -0.900. The Kier molecular flexibility index (Phi) is 6.19. The molecule has 0 aliphatic rings. The van der Waals surface area contributed by atoms with E-state index < -0.39 is 0 Å². The molecule has 17 heavy (non-hydrogen) atoms. The van der Waals surface area contributed by atoms with Gasteiger partial charge in [0.1, 0.15) is 0 Å². The first-order valence-corrected chi connectivity index (χ1v) is 6.58. The second-order valence-electron chi connectivity index (χ2n) is 5.18. The van der Waals surface area contributed by atoms with Crippen LogP contribution in [0.4, 0.5) is 0 Å². The molecule has 1 rings (SSSR count). The smallest absolute Gasteiger partial charge is 0.0850 e. The fraction of sp³-hybridized carbons (Fsp3) is 0.846. The number of hydrogen-bond acceptors (Lipinski definition) is 3. The maximum Gasteiger partial charge on any atom is 0.0850 e. The van der Waals surface area contributed by atoms with Gasteiger partial charge in [-0.3, -0.25) is 4.68 Å². The summed E-state index contributed by atoms with van der Waals surface area (Å²) in [5, 5.41) is 8.27. The molecule has 0 spiro atoms. The van der Waals surface area contributed by atoms with E-state index in [0.29, 0.717) is 0 Å². The van der Waals surface area contributed by atoms with Crippen LogP contribution in [0.15, 0.2) is 6.20 Å². The molecule has 1 heterocycles. The Morgan fingerprint density at radius 2 is 2.06 bits per heavy atom. The monoisotopic (exact) mass is 239 g/mol. The van der Waals surface area contributed by atoms with Gasteiger partial charge in [-0.1, -0.05) is 19.1 Å². The SMILES string of the molecule is CC(C)CCCn1cc(CCOC(C)C)nn1. The van der Waals surface area contributed by atoms with Gasteiger partial charge in [0.15, 0.2) is 0 Å². The lowest BCUT2D eigenvalue weighted by Gasteiger charge is -2.05. The van der Waals surface area contributed by atoms with Crippen LogP contribution < -0.4 is 0 Å². The van der Waals surface area contributed by atoms with Crippen molar-refractivity contribution in [1.82, 2.24) is 15.0 Å². The average Bonchev–Trinajstić information content (AvgIpc) is 2.65. The van der Waals surface area contributed by atoms with Crippen molar-refractivity contribution in [3.05, 3.63) is 11.9 Å². The van der Waals surface area contributed by atoms with Gasteiger partial charge < -0.3 is 4.74 Å². The minimum absolute atomic E-state index is 0.288. The normalized spacial score (nSPS) is 11.6. The lowest BCUT2D eigenvalue weighted by molar-refractivity contribution is 0.0809. The molecule has 0 aromatic carbocycles. The Morgan fingerprint density at radius 3 is 2.71 bits per heavy atom. The first kappa shape index (κ1) is 14.2. The standard InChI is InChI=1S/C13H25N3O/c1-11(2)6-5-8-16-10-13(14-15-16)7-9-17-12(3)4/h10-12H,5-9H2,1-4H3. The number of hydrogen-bond donors (Lipinski definition) is 0. The number of rotatable bonds is 8. The summed E-state index contributed by atoms with van der Waals surface area (Å²) >= 11 is 0. The lowest BCUT2D eigenvalue weighted by atomic mass is 10.1. The zero-order valence-corrected chi connectivity index (χ0v) is 11.5. The van der Waals surface area contributed by atoms with Gasteiger partial charge in [0.2, 0.25) is 0 Å². The Balaban J connectivity index is 2.23. The minimum Gasteiger partial charge on any atom is -0.378 e. The third kappa shape index (κ3) is 6.41.